The number of nitrogen functional groups attached to an aromatic ring is 1. The van der Waals surface area contributed by atoms with Crippen LogP contribution in [0.1, 0.15) is 29.5 Å². The largest absolute Gasteiger partial charge is 0.382 e. The normalized spacial score (nSPS) is 16.6. The van der Waals surface area contributed by atoms with Gasteiger partial charge in [-0.15, -0.1) is 0 Å². The zero-order valence-corrected chi connectivity index (χ0v) is 19.8. The van der Waals surface area contributed by atoms with Gasteiger partial charge in [0.25, 0.3) is 0 Å². The predicted molar refractivity (Wildman–Crippen MR) is 132 cm³/mol. The molecule has 0 bridgehead atoms. The van der Waals surface area contributed by atoms with E-state index in [0.29, 0.717) is 27.2 Å². The summed E-state index contributed by atoms with van der Waals surface area (Å²) in [4.78, 5) is 24.3. The van der Waals surface area contributed by atoms with Crippen LogP contribution >= 0.6 is 23.4 Å². The summed E-state index contributed by atoms with van der Waals surface area (Å²) in [6.07, 6.45) is 7.65. The van der Waals surface area contributed by atoms with Crippen molar-refractivity contribution in [1.82, 2.24) is 24.9 Å². The first-order valence-electron chi connectivity index (χ1n) is 11.1. The number of nitrogens with two attached hydrogens (primary N) is 1. The molecule has 6 rings (SSSR count). The first-order chi connectivity index (χ1) is 16.5. The van der Waals surface area contributed by atoms with E-state index in [1.54, 1.807) is 18.5 Å². The molecule has 0 radical (unpaired) electrons. The number of pyridine rings is 1. The summed E-state index contributed by atoms with van der Waals surface area (Å²) in [6, 6.07) is 10.2. The van der Waals surface area contributed by atoms with Crippen LogP contribution in [0.5, 0.6) is 0 Å². The second-order valence-electron chi connectivity index (χ2n) is 8.99. The Kier molecular flexibility index (Phi) is 5.08. The Morgan fingerprint density at radius 2 is 1.94 bits per heavy atom. The summed E-state index contributed by atoms with van der Waals surface area (Å²) in [5.41, 5.74) is 10.8. The minimum atomic E-state index is 0.283. The number of imidazole rings is 1. The molecular weight excluding hydrogens is 468 g/mol. The van der Waals surface area contributed by atoms with E-state index in [1.165, 1.54) is 22.9 Å². The highest BCUT2D eigenvalue weighted by Crippen LogP contribution is 2.45. The van der Waals surface area contributed by atoms with Gasteiger partial charge in [0.05, 0.1) is 22.9 Å². The number of halogens is 1. The van der Waals surface area contributed by atoms with Crippen molar-refractivity contribution < 1.29 is 0 Å². The second kappa shape index (κ2) is 8.15. The molecule has 1 aromatic carbocycles. The second-order valence-corrected chi connectivity index (χ2v) is 10.4. The highest BCUT2D eigenvalue weighted by Gasteiger charge is 2.40. The summed E-state index contributed by atoms with van der Waals surface area (Å²) in [6.45, 7) is 1.85. The van der Waals surface area contributed by atoms with Crippen molar-refractivity contribution in [3.63, 3.8) is 0 Å². The predicted octanol–water partition coefficient (Wildman–Crippen LogP) is 4.39. The van der Waals surface area contributed by atoms with Crippen LogP contribution in [0.25, 0.3) is 11.3 Å². The number of nitrogens with one attached hydrogen (secondary N) is 1. The van der Waals surface area contributed by atoms with Crippen molar-refractivity contribution in [2.45, 2.75) is 35.6 Å². The van der Waals surface area contributed by atoms with E-state index >= 15 is 0 Å². The van der Waals surface area contributed by atoms with E-state index < -0.39 is 0 Å². The lowest BCUT2D eigenvalue weighted by Crippen LogP contribution is -2.41. The summed E-state index contributed by atoms with van der Waals surface area (Å²) in [5.74, 6) is 1.10. The Morgan fingerprint density at radius 1 is 1.12 bits per heavy atom. The molecule has 0 unspecified atom stereocenters. The molecular formula is C24H21ClN8S. The first kappa shape index (κ1) is 21.2. The van der Waals surface area contributed by atoms with E-state index in [1.807, 2.05) is 6.07 Å². The van der Waals surface area contributed by atoms with Gasteiger partial charge in [0.15, 0.2) is 11.3 Å². The number of benzene rings is 1. The third-order valence-corrected chi connectivity index (χ3v) is 8.33. The minimum absolute atomic E-state index is 0.283. The number of aromatic amines is 1. The van der Waals surface area contributed by atoms with Crippen LogP contribution in [-0.2, 0) is 12.8 Å². The molecule has 1 aliphatic carbocycles. The van der Waals surface area contributed by atoms with Crippen LogP contribution in [-0.4, -0.2) is 38.0 Å². The van der Waals surface area contributed by atoms with Crippen LogP contribution < -0.4 is 10.6 Å². The average Bonchev–Trinajstić information content (AvgIpc) is 3.42. The van der Waals surface area contributed by atoms with Gasteiger partial charge < -0.3 is 15.6 Å². The molecule has 3 N–H and O–H groups in total. The molecule has 10 heteroatoms. The molecule has 34 heavy (non-hydrogen) atoms. The third-order valence-electron chi connectivity index (χ3n) is 6.86. The molecule has 170 valence electrons. The lowest BCUT2D eigenvalue weighted by Gasteiger charge is -2.39. The fourth-order valence-electron chi connectivity index (χ4n) is 5.05. The van der Waals surface area contributed by atoms with Gasteiger partial charge >= 0.3 is 0 Å². The Bertz CT molecular complexity index is 1450. The smallest absolute Gasteiger partial charge is 0.206 e. The lowest BCUT2D eigenvalue weighted by atomic mass is 9.76. The molecule has 1 aliphatic heterocycles. The molecule has 0 atom stereocenters. The van der Waals surface area contributed by atoms with Gasteiger partial charge in [0, 0.05) is 24.2 Å². The molecule has 4 heterocycles. The zero-order chi connectivity index (χ0) is 23.3. The topological polar surface area (TPSA) is 120 Å². The molecule has 1 spiro atoms. The van der Waals surface area contributed by atoms with E-state index in [9.17, 15) is 5.26 Å². The number of nitriles is 1. The van der Waals surface area contributed by atoms with E-state index in [2.05, 4.69) is 43.0 Å². The summed E-state index contributed by atoms with van der Waals surface area (Å²) in [5, 5.41) is 10.3. The maximum Gasteiger partial charge on any atom is 0.206 e. The van der Waals surface area contributed by atoms with Gasteiger partial charge in [0.1, 0.15) is 10.8 Å². The van der Waals surface area contributed by atoms with E-state index in [0.717, 1.165) is 55.2 Å². The van der Waals surface area contributed by atoms with Crippen molar-refractivity contribution in [2.75, 3.05) is 23.7 Å². The maximum atomic E-state index is 9.21. The number of hydrogen-bond donors (Lipinski definition) is 2. The Labute approximate surface area is 205 Å². The SMILES string of the molecule is N#Cc1ccc2c(c1)CC1(CCN(c3nc4nc(Sc5ccnc(N)c5Cl)cnc4[nH]3)CC1)C2. The molecule has 3 aromatic heterocycles. The highest BCUT2D eigenvalue weighted by molar-refractivity contribution is 7.99. The minimum Gasteiger partial charge on any atom is -0.382 e. The van der Waals surface area contributed by atoms with Crippen LogP contribution in [0.2, 0.25) is 5.02 Å². The maximum absolute atomic E-state index is 9.21. The monoisotopic (exact) mass is 488 g/mol. The van der Waals surface area contributed by atoms with Gasteiger partial charge in [-0.3, -0.25) is 0 Å². The van der Waals surface area contributed by atoms with Gasteiger partial charge in [-0.2, -0.15) is 10.2 Å². The van der Waals surface area contributed by atoms with Crippen molar-refractivity contribution in [1.29, 1.82) is 5.26 Å². The number of fused-ring (bicyclic) bond motifs is 2. The third kappa shape index (κ3) is 3.73. The summed E-state index contributed by atoms with van der Waals surface area (Å²) in [7, 11) is 0. The fourth-order valence-corrected chi connectivity index (χ4v) is 6.06. The number of hydrogen-bond acceptors (Lipinski definition) is 8. The van der Waals surface area contributed by atoms with Crippen molar-refractivity contribution in [2.24, 2.45) is 5.41 Å². The molecule has 4 aromatic rings. The first-order valence-corrected chi connectivity index (χ1v) is 12.3. The Hall–Kier alpha value is -3.35. The molecule has 8 nitrogen and oxygen atoms in total. The number of rotatable bonds is 3. The van der Waals surface area contributed by atoms with Crippen LogP contribution in [0.3, 0.4) is 0 Å². The molecule has 1 fully saturated rings. The summed E-state index contributed by atoms with van der Waals surface area (Å²) >= 11 is 7.65. The number of piperidine rings is 1. The zero-order valence-electron chi connectivity index (χ0n) is 18.3. The molecule has 1 saturated heterocycles. The number of aromatic nitrogens is 5. The average molecular weight is 489 g/mol. The number of nitrogens with zero attached hydrogens (tertiary/aromatic N) is 6. The lowest BCUT2D eigenvalue weighted by molar-refractivity contribution is 0.232. The van der Waals surface area contributed by atoms with E-state index in [-0.39, 0.29) is 5.41 Å². The molecule has 0 saturated carbocycles. The standard InChI is InChI=1S/C24H21ClN8S/c25-19-17(3-6-28-20(19)27)34-18-13-29-21-22(30-18)32-23(31-21)33-7-4-24(5-8-33)10-15-2-1-14(12-26)9-16(15)11-24/h1-3,6,9,13H,4-5,7-8,10-11H2,(H2,27,28)(H,29,30,31,32). The molecule has 0 amide bonds. The van der Waals surface area contributed by atoms with Crippen LogP contribution in [0.4, 0.5) is 11.8 Å². The van der Waals surface area contributed by atoms with Gasteiger partial charge in [-0.05, 0) is 60.4 Å². The van der Waals surface area contributed by atoms with Crippen LogP contribution in [0.15, 0.2) is 46.6 Å². The van der Waals surface area contributed by atoms with Crippen LogP contribution in [0, 0.1) is 16.7 Å². The number of anilines is 2. The van der Waals surface area contributed by atoms with Gasteiger partial charge in [0.2, 0.25) is 5.95 Å². The van der Waals surface area contributed by atoms with Crippen molar-refractivity contribution in [3.05, 3.63) is 58.4 Å². The van der Waals surface area contributed by atoms with E-state index in [4.69, 9.17) is 22.3 Å². The fraction of sp³-hybridized carbons (Fsp3) is 0.292. The van der Waals surface area contributed by atoms with Gasteiger partial charge in [-0.1, -0.05) is 29.4 Å². The van der Waals surface area contributed by atoms with Gasteiger partial charge in [-0.25, -0.2) is 15.0 Å². The molecule has 2 aliphatic rings. The highest BCUT2D eigenvalue weighted by atomic mass is 35.5. The Balaban J connectivity index is 1.17. The van der Waals surface area contributed by atoms with Crippen molar-refractivity contribution in [3.8, 4) is 6.07 Å². The Morgan fingerprint density at radius 3 is 2.76 bits per heavy atom. The number of H-pyrrole nitrogens is 1. The quantitative estimate of drug-likeness (QED) is 0.435. The summed E-state index contributed by atoms with van der Waals surface area (Å²) < 4.78 is 0. The van der Waals surface area contributed by atoms with Crippen molar-refractivity contribution >= 4 is 46.4 Å².